The van der Waals surface area contributed by atoms with E-state index in [0.717, 1.165) is 27.6 Å². The number of nitrogens with one attached hydrogen (secondary N) is 1. The fraction of sp³-hybridized carbons (Fsp3) is 0.269. The first-order valence-electron chi connectivity index (χ1n) is 10.7. The average molecular weight is 417 g/mol. The SMILES string of the molecule is CC.Cc1ccc(C2Oc3ccc4[nH]ncc4c3C(C)(O)C2c2cccc(O)c2)cc1. The lowest BCUT2D eigenvalue weighted by Gasteiger charge is -2.44. The second-order valence-electron chi connectivity index (χ2n) is 7.94. The number of hydrogen-bond donors (Lipinski definition) is 3. The molecule has 5 rings (SSSR count). The number of benzene rings is 3. The molecule has 0 radical (unpaired) electrons. The van der Waals surface area contributed by atoms with Gasteiger partial charge in [-0.15, -0.1) is 0 Å². The Bertz CT molecular complexity index is 1190. The number of aliphatic hydroxyl groups is 1. The Balaban J connectivity index is 0.00000112. The van der Waals surface area contributed by atoms with E-state index in [0.29, 0.717) is 11.3 Å². The maximum Gasteiger partial charge on any atom is 0.134 e. The van der Waals surface area contributed by atoms with Crippen molar-refractivity contribution in [1.82, 2.24) is 10.2 Å². The molecule has 5 nitrogen and oxygen atoms in total. The van der Waals surface area contributed by atoms with Crippen LogP contribution in [-0.2, 0) is 5.60 Å². The molecule has 3 atom stereocenters. The molecule has 3 N–H and O–H groups in total. The zero-order valence-corrected chi connectivity index (χ0v) is 18.3. The van der Waals surface area contributed by atoms with Gasteiger partial charge in [0.2, 0.25) is 0 Å². The lowest BCUT2D eigenvalue weighted by atomic mass is 9.71. The summed E-state index contributed by atoms with van der Waals surface area (Å²) in [4.78, 5) is 0. The first-order valence-corrected chi connectivity index (χ1v) is 10.7. The fourth-order valence-electron chi connectivity index (χ4n) is 4.51. The largest absolute Gasteiger partial charge is 0.508 e. The van der Waals surface area contributed by atoms with Crippen molar-refractivity contribution in [2.24, 2.45) is 0 Å². The summed E-state index contributed by atoms with van der Waals surface area (Å²) in [5, 5.41) is 30.0. The fourth-order valence-corrected chi connectivity index (χ4v) is 4.51. The molecule has 4 aromatic rings. The van der Waals surface area contributed by atoms with Gasteiger partial charge in [-0.2, -0.15) is 5.10 Å². The monoisotopic (exact) mass is 416 g/mol. The predicted molar refractivity (Wildman–Crippen MR) is 122 cm³/mol. The highest BCUT2D eigenvalue weighted by Crippen LogP contribution is 2.55. The molecule has 160 valence electrons. The van der Waals surface area contributed by atoms with Crippen LogP contribution in [0, 0.1) is 6.92 Å². The smallest absolute Gasteiger partial charge is 0.134 e. The topological polar surface area (TPSA) is 78.4 Å². The molecule has 0 bridgehead atoms. The van der Waals surface area contributed by atoms with Gasteiger partial charge in [-0.3, -0.25) is 5.10 Å². The molecule has 0 saturated heterocycles. The number of aromatic nitrogens is 2. The van der Waals surface area contributed by atoms with E-state index in [1.165, 1.54) is 0 Å². The number of rotatable bonds is 2. The van der Waals surface area contributed by atoms with Crippen LogP contribution in [0.1, 0.15) is 55.0 Å². The Morgan fingerprint density at radius 3 is 2.45 bits per heavy atom. The van der Waals surface area contributed by atoms with E-state index in [-0.39, 0.29) is 5.75 Å². The summed E-state index contributed by atoms with van der Waals surface area (Å²) < 4.78 is 6.49. The molecular weight excluding hydrogens is 388 g/mol. The Kier molecular flexibility index (Phi) is 5.46. The second kappa shape index (κ2) is 8.08. The summed E-state index contributed by atoms with van der Waals surface area (Å²) in [6, 6.07) is 19.0. The number of phenols is 1. The quantitative estimate of drug-likeness (QED) is 0.390. The van der Waals surface area contributed by atoms with Crippen molar-refractivity contribution < 1.29 is 14.9 Å². The lowest BCUT2D eigenvalue weighted by molar-refractivity contribution is -0.0411. The van der Waals surface area contributed by atoms with Gasteiger partial charge < -0.3 is 14.9 Å². The summed E-state index contributed by atoms with van der Waals surface area (Å²) in [6.45, 7) is 7.86. The Morgan fingerprint density at radius 1 is 1.00 bits per heavy atom. The van der Waals surface area contributed by atoms with Gasteiger partial charge in [0.1, 0.15) is 23.2 Å². The Morgan fingerprint density at radius 2 is 1.74 bits per heavy atom. The number of phenolic OH excluding ortho intramolecular Hbond substituents is 1. The minimum atomic E-state index is -1.25. The van der Waals surface area contributed by atoms with Crippen molar-refractivity contribution in [3.63, 3.8) is 0 Å². The number of hydrogen-bond acceptors (Lipinski definition) is 4. The minimum Gasteiger partial charge on any atom is -0.508 e. The predicted octanol–water partition coefficient (Wildman–Crippen LogP) is 5.73. The van der Waals surface area contributed by atoms with Crippen molar-refractivity contribution in [2.45, 2.75) is 45.3 Å². The van der Waals surface area contributed by atoms with Crippen molar-refractivity contribution in [1.29, 1.82) is 0 Å². The molecule has 31 heavy (non-hydrogen) atoms. The standard InChI is InChI=1S/C24H22N2O3.C2H6/c1-14-6-8-15(9-7-14)23-21(16-4-3-5-17(27)12-16)24(2,28)22-18-13-25-26-19(18)10-11-20(22)29-23;1-2/h3-13,21,23,27-28H,1-2H3,(H,25,26);1-2H3. The maximum absolute atomic E-state index is 11.9. The first kappa shape index (κ1) is 20.9. The van der Waals surface area contributed by atoms with Gasteiger partial charge in [0.05, 0.1) is 17.6 Å². The van der Waals surface area contributed by atoms with Gasteiger partial charge in [-0.25, -0.2) is 0 Å². The van der Waals surface area contributed by atoms with Crippen LogP contribution in [0.3, 0.4) is 0 Å². The third-order valence-corrected chi connectivity index (χ3v) is 5.89. The van der Waals surface area contributed by atoms with Crippen molar-refractivity contribution >= 4 is 10.9 Å². The van der Waals surface area contributed by atoms with E-state index >= 15 is 0 Å². The normalized spacial score (nSPS) is 22.2. The van der Waals surface area contributed by atoms with E-state index in [1.54, 1.807) is 24.4 Å². The molecule has 0 spiro atoms. The van der Waals surface area contributed by atoms with E-state index in [2.05, 4.69) is 10.2 Å². The van der Waals surface area contributed by atoms with E-state index in [1.807, 2.05) is 70.2 Å². The molecule has 3 aromatic carbocycles. The van der Waals surface area contributed by atoms with Gasteiger partial charge in [0.15, 0.2) is 0 Å². The number of nitrogens with zero attached hydrogens (tertiary/aromatic N) is 1. The summed E-state index contributed by atoms with van der Waals surface area (Å²) >= 11 is 0. The summed E-state index contributed by atoms with van der Waals surface area (Å²) in [7, 11) is 0. The van der Waals surface area contributed by atoms with Crippen molar-refractivity contribution in [2.75, 3.05) is 0 Å². The minimum absolute atomic E-state index is 0.160. The van der Waals surface area contributed by atoms with Crippen molar-refractivity contribution in [3.05, 3.63) is 89.1 Å². The van der Waals surface area contributed by atoms with Gasteiger partial charge in [-0.05, 0) is 49.2 Å². The highest BCUT2D eigenvalue weighted by atomic mass is 16.5. The Labute approximate surface area is 182 Å². The zero-order valence-electron chi connectivity index (χ0n) is 18.3. The number of H-pyrrole nitrogens is 1. The van der Waals surface area contributed by atoms with Crippen LogP contribution < -0.4 is 4.74 Å². The molecule has 0 fully saturated rings. The van der Waals surface area contributed by atoms with E-state index in [9.17, 15) is 10.2 Å². The molecule has 1 aliphatic heterocycles. The summed E-state index contributed by atoms with van der Waals surface area (Å²) in [5.41, 5.74) is 3.25. The average Bonchev–Trinajstić information content (AvgIpc) is 3.23. The lowest BCUT2D eigenvalue weighted by Crippen LogP contribution is -2.40. The molecular formula is C26H28N2O3. The van der Waals surface area contributed by atoms with Crippen LogP contribution in [0.4, 0.5) is 0 Å². The van der Waals surface area contributed by atoms with Crippen LogP contribution in [0.5, 0.6) is 11.5 Å². The van der Waals surface area contributed by atoms with Crippen molar-refractivity contribution in [3.8, 4) is 11.5 Å². The van der Waals surface area contributed by atoms with E-state index in [4.69, 9.17) is 4.74 Å². The first-order chi connectivity index (χ1) is 14.9. The molecule has 0 amide bonds. The van der Waals surface area contributed by atoms with E-state index < -0.39 is 17.6 Å². The molecule has 3 unspecified atom stereocenters. The number of fused-ring (bicyclic) bond motifs is 3. The van der Waals surface area contributed by atoms with Crippen LogP contribution in [0.25, 0.3) is 10.9 Å². The molecule has 1 aliphatic rings. The number of aromatic hydroxyl groups is 1. The third-order valence-electron chi connectivity index (χ3n) is 5.89. The highest BCUT2D eigenvalue weighted by molar-refractivity contribution is 5.85. The molecule has 5 heteroatoms. The number of aromatic amines is 1. The number of ether oxygens (including phenoxy) is 1. The highest BCUT2D eigenvalue weighted by Gasteiger charge is 2.48. The Hall–Kier alpha value is -3.31. The van der Waals surface area contributed by atoms with Crippen LogP contribution in [0.15, 0.2) is 66.9 Å². The summed E-state index contributed by atoms with van der Waals surface area (Å²) in [6.07, 6.45) is 1.31. The van der Waals surface area contributed by atoms with Gasteiger partial charge >= 0.3 is 0 Å². The van der Waals surface area contributed by atoms with Crippen LogP contribution in [0.2, 0.25) is 0 Å². The molecule has 2 heterocycles. The molecule has 0 aliphatic carbocycles. The zero-order chi connectivity index (χ0) is 22.2. The van der Waals surface area contributed by atoms with Crippen LogP contribution >= 0.6 is 0 Å². The van der Waals surface area contributed by atoms with Gasteiger partial charge in [-0.1, -0.05) is 55.8 Å². The van der Waals surface area contributed by atoms with Gasteiger partial charge in [0.25, 0.3) is 0 Å². The molecule has 0 saturated carbocycles. The number of aryl methyl sites for hydroxylation is 1. The second-order valence-corrected chi connectivity index (χ2v) is 7.94. The third kappa shape index (κ3) is 3.55. The van der Waals surface area contributed by atoms with Crippen LogP contribution in [-0.4, -0.2) is 20.4 Å². The van der Waals surface area contributed by atoms with Gasteiger partial charge in [0, 0.05) is 10.9 Å². The molecule has 1 aromatic heterocycles. The summed E-state index contributed by atoms with van der Waals surface area (Å²) in [5.74, 6) is 0.379. The maximum atomic E-state index is 11.9.